The van der Waals surface area contributed by atoms with Gasteiger partial charge < -0.3 is 10.6 Å². The Balaban J connectivity index is 1.61. The number of amides is 2. The zero-order chi connectivity index (χ0) is 21.7. The third-order valence-corrected chi connectivity index (χ3v) is 5.44. The third-order valence-electron chi connectivity index (χ3n) is 4.36. The van der Waals surface area contributed by atoms with E-state index in [0.717, 1.165) is 0 Å². The Morgan fingerprint density at radius 3 is 2.13 bits per heavy atom. The smallest absolute Gasteiger partial charge is 0.267 e. The lowest BCUT2D eigenvalue weighted by Crippen LogP contribution is -2.33. The molecule has 3 rings (SSSR count). The van der Waals surface area contributed by atoms with Crippen molar-refractivity contribution in [2.45, 2.75) is 26.2 Å². The average molecular weight is 438 g/mol. The molecule has 30 heavy (non-hydrogen) atoms. The van der Waals surface area contributed by atoms with Crippen LogP contribution in [0.25, 0.3) is 0 Å². The molecule has 0 aliphatic carbocycles. The van der Waals surface area contributed by atoms with Gasteiger partial charge in [-0.05, 0) is 65.0 Å². The third kappa shape index (κ3) is 5.75. The van der Waals surface area contributed by atoms with Crippen LogP contribution < -0.4 is 16.0 Å². The summed E-state index contributed by atoms with van der Waals surface area (Å²) in [6.07, 6.45) is 0. The van der Waals surface area contributed by atoms with E-state index in [4.69, 9.17) is 12.2 Å². The molecule has 1 heterocycles. The Kier molecular flexibility index (Phi) is 6.64. The van der Waals surface area contributed by atoms with Crippen molar-refractivity contribution in [1.29, 1.82) is 0 Å². The molecule has 7 heteroatoms. The molecule has 0 saturated carbocycles. The second kappa shape index (κ2) is 9.19. The molecule has 1 aromatic heterocycles. The van der Waals surface area contributed by atoms with Crippen LogP contribution in [0.15, 0.2) is 66.0 Å². The van der Waals surface area contributed by atoms with Gasteiger partial charge in [-0.2, -0.15) is 0 Å². The van der Waals surface area contributed by atoms with E-state index in [9.17, 15) is 9.59 Å². The van der Waals surface area contributed by atoms with Crippen molar-refractivity contribution >= 4 is 51.9 Å². The molecule has 2 aromatic carbocycles. The van der Waals surface area contributed by atoms with Crippen molar-refractivity contribution in [2.75, 3.05) is 10.6 Å². The summed E-state index contributed by atoms with van der Waals surface area (Å²) in [7, 11) is 0. The number of thiophene rings is 1. The molecule has 3 aromatic rings. The van der Waals surface area contributed by atoms with E-state index >= 15 is 0 Å². The lowest BCUT2D eigenvalue weighted by Gasteiger charge is -2.19. The number of nitrogens with one attached hydrogen (secondary N) is 3. The molecule has 154 valence electrons. The Morgan fingerprint density at radius 2 is 1.53 bits per heavy atom. The first-order valence-corrected chi connectivity index (χ1v) is 10.7. The lowest BCUT2D eigenvalue weighted by molar-refractivity contribution is 0.0980. The molecule has 0 aliphatic rings. The molecule has 0 spiro atoms. The van der Waals surface area contributed by atoms with Crippen LogP contribution in [0.3, 0.4) is 0 Å². The second-order valence-corrected chi connectivity index (χ2v) is 9.10. The standard InChI is InChI=1S/C23H23N3O2S2/c1-23(2,3)16-11-9-15(10-12-16)20(27)24-17-6-4-7-18(14-17)25-22(29)26-21(28)19-8-5-13-30-19/h4-14H,1-3H3,(H,24,27)(H2,25,26,28,29). The van der Waals surface area contributed by atoms with E-state index in [1.807, 2.05) is 29.6 Å². The van der Waals surface area contributed by atoms with Crippen LogP contribution >= 0.6 is 23.6 Å². The number of carbonyl (C=O) groups is 2. The van der Waals surface area contributed by atoms with Crippen molar-refractivity contribution in [3.05, 3.63) is 82.0 Å². The highest BCUT2D eigenvalue weighted by Gasteiger charge is 2.14. The first kappa shape index (κ1) is 21.7. The summed E-state index contributed by atoms with van der Waals surface area (Å²) in [6.45, 7) is 6.40. The molecule has 0 unspecified atom stereocenters. The second-order valence-electron chi connectivity index (χ2n) is 7.75. The van der Waals surface area contributed by atoms with Crippen molar-refractivity contribution in [1.82, 2.24) is 5.32 Å². The minimum absolute atomic E-state index is 0.0341. The number of benzene rings is 2. The SMILES string of the molecule is CC(C)(C)c1ccc(C(=O)Nc2cccc(NC(=S)NC(=O)c3cccs3)c2)cc1. The maximum atomic E-state index is 12.6. The van der Waals surface area contributed by atoms with Gasteiger partial charge in [0.25, 0.3) is 11.8 Å². The van der Waals surface area contributed by atoms with Crippen molar-refractivity contribution in [3.8, 4) is 0 Å². The van der Waals surface area contributed by atoms with Crippen molar-refractivity contribution < 1.29 is 9.59 Å². The van der Waals surface area contributed by atoms with E-state index in [2.05, 4.69) is 36.7 Å². The number of thiocarbonyl (C=S) groups is 1. The molecule has 0 atom stereocenters. The Labute approximate surface area is 185 Å². The summed E-state index contributed by atoms with van der Waals surface area (Å²) >= 11 is 6.55. The Bertz CT molecular complexity index is 1050. The van der Waals surface area contributed by atoms with Crippen LogP contribution in [0, 0.1) is 0 Å². The maximum Gasteiger partial charge on any atom is 0.267 e. The van der Waals surface area contributed by atoms with E-state index < -0.39 is 0 Å². The fourth-order valence-electron chi connectivity index (χ4n) is 2.73. The number of anilines is 2. The van der Waals surface area contributed by atoms with Gasteiger partial charge in [-0.15, -0.1) is 11.3 Å². The lowest BCUT2D eigenvalue weighted by atomic mass is 9.87. The highest BCUT2D eigenvalue weighted by atomic mass is 32.1. The van der Waals surface area contributed by atoms with Crippen LogP contribution in [0.5, 0.6) is 0 Å². The summed E-state index contributed by atoms with van der Waals surface area (Å²) < 4.78 is 0. The highest BCUT2D eigenvalue weighted by Crippen LogP contribution is 2.23. The van der Waals surface area contributed by atoms with Gasteiger partial charge in [-0.1, -0.05) is 45.0 Å². The molecule has 0 saturated heterocycles. The monoisotopic (exact) mass is 437 g/mol. The topological polar surface area (TPSA) is 70.2 Å². The first-order chi connectivity index (χ1) is 14.2. The van der Waals surface area contributed by atoms with Gasteiger partial charge in [-0.25, -0.2) is 0 Å². The number of rotatable bonds is 4. The zero-order valence-corrected chi connectivity index (χ0v) is 18.6. The van der Waals surface area contributed by atoms with Gasteiger partial charge in [0.1, 0.15) is 0 Å². The summed E-state index contributed by atoms with van der Waals surface area (Å²) in [6, 6.07) is 18.3. The first-order valence-electron chi connectivity index (χ1n) is 9.40. The summed E-state index contributed by atoms with van der Waals surface area (Å²) in [5.74, 6) is -0.452. The minimum Gasteiger partial charge on any atom is -0.332 e. The van der Waals surface area contributed by atoms with Crippen molar-refractivity contribution in [3.63, 3.8) is 0 Å². The molecule has 0 aliphatic heterocycles. The van der Waals surface area contributed by atoms with E-state index in [0.29, 0.717) is 21.8 Å². The van der Waals surface area contributed by atoms with Crippen LogP contribution in [-0.4, -0.2) is 16.9 Å². The summed E-state index contributed by atoms with van der Waals surface area (Å²) in [4.78, 5) is 25.2. The molecular formula is C23H23N3O2S2. The normalized spacial score (nSPS) is 10.9. The quantitative estimate of drug-likeness (QED) is 0.476. The maximum absolute atomic E-state index is 12.6. The van der Waals surface area contributed by atoms with Gasteiger partial charge in [0, 0.05) is 16.9 Å². The molecule has 2 amide bonds. The van der Waals surface area contributed by atoms with Crippen LogP contribution in [0.2, 0.25) is 0 Å². The van der Waals surface area contributed by atoms with E-state index in [1.165, 1.54) is 16.9 Å². The molecular weight excluding hydrogens is 414 g/mol. The van der Waals surface area contributed by atoms with Gasteiger partial charge in [0.2, 0.25) is 0 Å². The number of hydrogen-bond acceptors (Lipinski definition) is 4. The molecule has 0 bridgehead atoms. The molecule has 5 nitrogen and oxygen atoms in total. The van der Waals surface area contributed by atoms with Crippen LogP contribution in [-0.2, 0) is 5.41 Å². The molecule has 3 N–H and O–H groups in total. The number of carbonyl (C=O) groups excluding carboxylic acids is 2. The average Bonchev–Trinajstić information content (AvgIpc) is 3.22. The summed E-state index contributed by atoms with van der Waals surface area (Å²) in [5, 5.41) is 10.5. The Morgan fingerprint density at radius 1 is 0.867 bits per heavy atom. The zero-order valence-electron chi connectivity index (χ0n) is 17.0. The minimum atomic E-state index is -0.259. The van der Waals surface area contributed by atoms with Gasteiger partial charge >= 0.3 is 0 Å². The number of hydrogen-bond donors (Lipinski definition) is 3. The van der Waals surface area contributed by atoms with Gasteiger partial charge in [-0.3, -0.25) is 14.9 Å². The summed E-state index contributed by atoms with van der Waals surface area (Å²) in [5.41, 5.74) is 3.07. The van der Waals surface area contributed by atoms with E-state index in [-0.39, 0.29) is 22.3 Å². The van der Waals surface area contributed by atoms with E-state index in [1.54, 1.807) is 36.4 Å². The van der Waals surface area contributed by atoms with Crippen LogP contribution in [0.1, 0.15) is 46.4 Å². The van der Waals surface area contributed by atoms with Gasteiger partial charge in [0.15, 0.2) is 5.11 Å². The predicted molar refractivity (Wildman–Crippen MR) is 128 cm³/mol. The molecule has 0 fully saturated rings. The largest absolute Gasteiger partial charge is 0.332 e. The predicted octanol–water partition coefficient (Wildman–Crippen LogP) is 5.42. The van der Waals surface area contributed by atoms with Crippen LogP contribution in [0.4, 0.5) is 11.4 Å². The highest BCUT2D eigenvalue weighted by molar-refractivity contribution is 7.80. The Hall–Kier alpha value is -3.03. The fraction of sp³-hybridized carbons (Fsp3) is 0.174. The van der Waals surface area contributed by atoms with Crippen molar-refractivity contribution in [2.24, 2.45) is 0 Å². The van der Waals surface area contributed by atoms with Gasteiger partial charge in [0.05, 0.1) is 4.88 Å². The molecule has 0 radical (unpaired) electrons. The fourth-order valence-corrected chi connectivity index (χ4v) is 3.56.